The van der Waals surface area contributed by atoms with Crippen LogP contribution in [0.3, 0.4) is 0 Å². The van der Waals surface area contributed by atoms with Crippen LogP contribution in [-0.2, 0) is 0 Å². The van der Waals surface area contributed by atoms with Crippen molar-refractivity contribution in [2.45, 2.75) is 37.8 Å². The molecule has 0 saturated carbocycles. The van der Waals surface area contributed by atoms with Gasteiger partial charge in [-0.2, -0.15) is 13.2 Å². The van der Waals surface area contributed by atoms with E-state index in [9.17, 15) is 18.3 Å². The van der Waals surface area contributed by atoms with Crippen LogP contribution < -0.4 is 0 Å². The van der Waals surface area contributed by atoms with Gasteiger partial charge in [-0.05, 0) is 37.2 Å². The molecule has 3 atom stereocenters. The first-order chi connectivity index (χ1) is 9.27. The number of rotatable bonds is 4. The number of hydrogen-bond acceptors (Lipinski definition) is 2. The second kappa shape index (κ2) is 8.37. The van der Waals surface area contributed by atoms with Crippen LogP contribution in [0.5, 0.6) is 0 Å². The average molecular weight is 306 g/mol. The third kappa shape index (κ3) is 5.21. The highest BCUT2D eigenvalue weighted by molar-refractivity contribution is 8.03. The monoisotopic (exact) mass is 306 g/mol. The molecule has 0 aromatic heterocycles. The zero-order valence-electron chi connectivity index (χ0n) is 11.8. The predicted molar refractivity (Wildman–Crippen MR) is 80.5 cm³/mol. The highest BCUT2D eigenvalue weighted by Crippen LogP contribution is 2.37. The van der Waals surface area contributed by atoms with Crippen molar-refractivity contribution in [3.8, 4) is 0 Å². The van der Waals surface area contributed by atoms with E-state index in [0.29, 0.717) is 0 Å². The minimum atomic E-state index is -4.28. The van der Waals surface area contributed by atoms with Gasteiger partial charge in [-0.1, -0.05) is 12.2 Å². The quantitative estimate of drug-likeness (QED) is 0.748. The Kier molecular flexibility index (Phi) is 7.98. The summed E-state index contributed by atoms with van der Waals surface area (Å²) in [7, 11) is 0. The van der Waals surface area contributed by atoms with Crippen molar-refractivity contribution < 1.29 is 18.3 Å². The first-order valence-corrected chi connectivity index (χ1v) is 7.08. The van der Waals surface area contributed by atoms with Gasteiger partial charge in [-0.25, -0.2) is 0 Å². The molecule has 0 aromatic carbocycles. The van der Waals surface area contributed by atoms with Crippen molar-refractivity contribution in [2.24, 2.45) is 5.92 Å². The van der Waals surface area contributed by atoms with Crippen molar-refractivity contribution in [3.05, 3.63) is 48.4 Å². The number of alkyl halides is 3. The standard InChI is InChI=1S/C13H17F3OS.C2H4/c1-4-10(6-5-9(3)13(14,15)16)12-11(17)8(2)7-18-12;1-2/h4-5,7,10-12,17H,1,6H2,2-3H3;1-2H2/b9-5+;/t10-,11?,12?;/m1./s1. The van der Waals surface area contributed by atoms with Crippen LogP contribution in [0.25, 0.3) is 0 Å². The number of allylic oxidation sites excluding steroid dienone is 3. The van der Waals surface area contributed by atoms with Crippen LogP contribution in [-0.4, -0.2) is 22.6 Å². The number of thioether (sulfide) groups is 1. The summed E-state index contributed by atoms with van der Waals surface area (Å²) in [5.74, 6) is -0.170. The van der Waals surface area contributed by atoms with Crippen LogP contribution in [0.15, 0.2) is 48.4 Å². The summed E-state index contributed by atoms with van der Waals surface area (Å²) in [4.78, 5) is 0. The van der Waals surface area contributed by atoms with E-state index in [1.165, 1.54) is 17.8 Å². The fourth-order valence-corrected chi connectivity index (χ4v) is 3.02. The van der Waals surface area contributed by atoms with Crippen LogP contribution in [0.2, 0.25) is 0 Å². The molecule has 1 aliphatic rings. The lowest BCUT2D eigenvalue weighted by Crippen LogP contribution is -2.27. The van der Waals surface area contributed by atoms with Gasteiger partial charge in [0.1, 0.15) is 0 Å². The van der Waals surface area contributed by atoms with Crippen LogP contribution in [0.1, 0.15) is 20.3 Å². The molecule has 0 spiro atoms. The molecule has 0 aromatic rings. The lowest BCUT2D eigenvalue weighted by Gasteiger charge is -2.22. The molecule has 0 fully saturated rings. The lowest BCUT2D eigenvalue weighted by molar-refractivity contribution is -0.0916. The summed E-state index contributed by atoms with van der Waals surface area (Å²) < 4.78 is 37.1. The van der Waals surface area contributed by atoms with Gasteiger partial charge in [0.2, 0.25) is 0 Å². The summed E-state index contributed by atoms with van der Waals surface area (Å²) in [6, 6.07) is 0. The van der Waals surface area contributed by atoms with E-state index >= 15 is 0 Å². The van der Waals surface area contributed by atoms with Gasteiger partial charge >= 0.3 is 6.18 Å². The predicted octanol–water partition coefficient (Wildman–Crippen LogP) is 4.87. The van der Waals surface area contributed by atoms with Gasteiger partial charge in [0, 0.05) is 10.8 Å². The highest BCUT2D eigenvalue weighted by atomic mass is 32.2. The molecular formula is C15H21F3OS. The topological polar surface area (TPSA) is 20.2 Å². The second-order valence-electron chi connectivity index (χ2n) is 4.43. The number of hydrogen-bond donors (Lipinski definition) is 1. The zero-order valence-corrected chi connectivity index (χ0v) is 12.6. The summed E-state index contributed by atoms with van der Waals surface area (Å²) in [5, 5.41) is 11.6. The molecule has 1 N–H and O–H groups in total. The molecule has 20 heavy (non-hydrogen) atoms. The van der Waals surface area contributed by atoms with Crippen molar-refractivity contribution in [1.29, 1.82) is 0 Å². The largest absolute Gasteiger partial charge is 0.412 e. The van der Waals surface area contributed by atoms with Gasteiger partial charge < -0.3 is 5.11 Å². The van der Waals surface area contributed by atoms with Gasteiger partial charge in [0.15, 0.2) is 0 Å². The first kappa shape index (κ1) is 19.1. The van der Waals surface area contributed by atoms with E-state index in [1.807, 2.05) is 12.3 Å². The van der Waals surface area contributed by atoms with E-state index in [2.05, 4.69) is 19.7 Å². The van der Waals surface area contributed by atoms with E-state index in [0.717, 1.165) is 12.5 Å². The Balaban J connectivity index is 0.00000172. The van der Waals surface area contributed by atoms with E-state index in [4.69, 9.17) is 0 Å². The third-order valence-corrected chi connectivity index (χ3v) is 4.49. The van der Waals surface area contributed by atoms with E-state index < -0.39 is 17.9 Å². The zero-order chi connectivity index (χ0) is 15.9. The van der Waals surface area contributed by atoms with E-state index in [1.54, 1.807) is 6.08 Å². The maximum atomic E-state index is 12.4. The molecule has 0 saturated heterocycles. The Labute approximate surface area is 123 Å². The summed E-state index contributed by atoms with van der Waals surface area (Å²) in [6.45, 7) is 12.5. The van der Waals surface area contributed by atoms with Gasteiger partial charge in [0.05, 0.1) is 6.10 Å². The molecule has 0 bridgehead atoms. The minimum absolute atomic E-state index is 0.139. The molecule has 2 unspecified atom stereocenters. The Morgan fingerprint density at radius 3 is 2.40 bits per heavy atom. The number of halogens is 3. The summed E-state index contributed by atoms with van der Waals surface area (Å²) >= 11 is 1.46. The summed E-state index contributed by atoms with van der Waals surface area (Å²) in [5.41, 5.74) is 0.255. The van der Waals surface area contributed by atoms with Crippen LogP contribution >= 0.6 is 11.8 Å². The molecular weight excluding hydrogens is 285 g/mol. The maximum Gasteiger partial charge on any atom is 0.412 e. The molecule has 0 aliphatic carbocycles. The highest BCUT2D eigenvalue weighted by Gasteiger charge is 2.33. The fourth-order valence-electron chi connectivity index (χ4n) is 1.72. The molecule has 0 amide bonds. The third-order valence-electron chi connectivity index (χ3n) is 3.06. The Hall–Kier alpha value is -0.940. The van der Waals surface area contributed by atoms with Crippen molar-refractivity contribution >= 4 is 11.8 Å². The van der Waals surface area contributed by atoms with Crippen molar-refractivity contribution in [3.63, 3.8) is 0 Å². The van der Waals surface area contributed by atoms with Gasteiger partial charge in [-0.15, -0.1) is 31.5 Å². The SMILES string of the molecule is C=C.C=C[C@H](C/C=C(\C)C(F)(F)F)C1SC=C(C)C1O. The molecule has 1 nitrogen and oxygen atoms in total. The number of aliphatic hydroxyl groups is 1. The van der Waals surface area contributed by atoms with Crippen molar-refractivity contribution in [2.75, 3.05) is 0 Å². The maximum absolute atomic E-state index is 12.4. The Morgan fingerprint density at radius 2 is 2.05 bits per heavy atom. The molecule has 1 heterocycles. The normalized spacial score (nSPS) is 24.5. The molecule has 114 valence electrons. The van der Waals surface area contributed by atoms with E-state index in [-0.39, 0.29) is 17.6 Å². The van der Waals surface area contributed by atoms with Crippen molar-refractivity contribution in [1.82, 2.24) is 0 Å². The Bertz CT molecular complexity index is 385. The minimum Gasteiger partial charge on any atom is -0.388 e. The van der Waals surface area contributed by atoms with Crippen LogP contribution in [0, 0.1) is 5.92 Å². The van der Waals surface area contributed by atoms with Gasteiger partial charge in [0.25, 0.3) is 0 Å². The second-order valence-corrected chi connectivity index (χ2v) is 5.48. The van der Waals surface area contributed by atoms with Crippen LogP contribution in [0.4, 0.5) is 13.2 Å². The molecule has 1 aliphatic heterocycles. The molecule has 1 rings (SSSR count). The number of aliphatic hydroxyl groups excluding tert-OH is 1. The fraction of sp³-hybridized carbons (Fsp3) is 0.467. The van der Waals surface area contributed by atoms with Gasteiger partial charge in [-0.3, -0.25) is 0 Å². The molecule has 0 radical (unpaired) electrons. The Morgan fingerprint density at radius 1 is 1.50 bits per heavy atom. The smallest absolute Gasteiger partial charge is 0.388 e. The average Bonchev–Trinajstić information content (AvgIpc) is 2.73. The summed E-state index contributed by atoms with van der Waals surface area (Å²) in [6.07, 6.45) is -1.84. The lowest BCUT2D eigenvalue weighted by atomic mass is 9.94. The molecule has 5 heteroatoms. The first-order valence-electron chi connectivity index (χ1n) is 6.14.